The van der Waals surface area contributed by atoms with Crippen LogP contribution in [-0.2, 0) is 11.2 Å². The number of hydrogen-bond donors (Lipinski definition) is 1. The molecule has 2 aromatic heterocycles. The number of carbonyl (C=O) groups is 1. The highest BCUT2D eigenvalue weighted by Gasteiger charge is 2.15. The Balaban J connectivity index is 1.91. The SMILES string of the molecule is CCc1ccc(-n2c(C)cc(C=C(C#N)C(=O)Nc3ncc(C)s3)c2C)cc1. The van der Waals surface area contributed by atoms with Gasteiger partial charge in [-0.3, -0.25) is 10.1 Å². The van der Waals surface area contributed by atoms with Gasteiger partial charge in [-0.05, 0) is 62.6 Å². The Morgan fingerprint density at radius 3 is 2.57 bits per heavy atom. The molecule has 0 saturated carbocycles. The molecule has 0 fully saturated rings. The number of rotatable bonds is 5. The summed E-state index contributed by atoms with van der Waals surface area (Å²) in [7, 11) is 0. The summed E-state index contributed by atoms with van der Waals surface area (Å²) >= 11 is 1.38. The Bertz CT molecular complexity index is 1080. The predicted octanol–water partition coefficient (Wildman–Crippen LogP) is 4.97. The molecule has 2 heterocycles. The number of anilines is 1. The molecule has 28 heavy (non-hydrogen) atoms. The van der Waals surface area contributed by atoms with Crippen molar-refractivity contribution in [3.63, 3.8) is 0 Å². The fraction of sp³-hybridized carbons (Fsp3) is 0.227. The van der Waals surface area contributed by atoms with Crippen molar-refractivity contribution in [2.24, 2.45) is 0 Å². The van der Waals surface area contributed by atoms with E-state index < -0.39 is 5.91 Å². The Hall–Kier alpha value is -3.17. The number of aryl methyl sites for hydroxylation is 3. The lowest BCUT2D eigenvalue weighted by Gasteiger charge is -2.10. The van der Waals surface area contributed by atoms with E-state index in [1.54, 1.807) is 12.3 Å². The molecular weight excluding hydrogens is 368 g/mol. The van der Waals surface area contributed by atoms with E-state index >= 15 is 0 Å². The summed E-state index contributed by atoms with van der Waals surface area (Å²) in [5, 5.41) is 12.7. The lowest BCUT2D eigenvalue weighted by atomic mass is 10.1. The molecule has 3 rings (SSSR count). The van der Waals surface area contributed by atoms with Gasteiger partial charge in [-0.15, -0.1) is 11.3 Å². The lowest BCUT2D eigenvalue weighted by molar-refractivity contribution is -0.112. The minimum atomic E-state index is -0.450. The Morgan fingerprint density at radius 1 is 1.29 bits per heavy atom. The van der Waals surface area contributed by atoms with E-state index in [0.29, 0.717) is 5.13 Å². The molecule has 0 aliphatic rings. The van der Waals surface area contributed by atoms with Crippen LogP contribution in [0.2, 0.25) is 0 Å². The molecule has 142 valence electrons. The Morgan fingerprint density at radius 2 is 2.00 bits per heavy atom. The van der Waals surface area contributed by atoms with E-state index in [-0.39, 0.29) is 5.57 Å². The molecular formula is C22H22N4OS. The van der Waals surface area contributed by atoms with Gasteiger partial charge in [0.15, 0.2) is 5.13 Å². The molecule has 0 aliphatic carbocycles. The van der Waals surface area contributed by atoms with Crippen LogP contribution in [0.3, 0.4) is 0 Å². The third-order valence-corrected chi connectivity index (χ3v) is 5.41. The van der Waals surface area contributed by atoms with Crippen LogP contribution >= 0.6 is 11.3 Å². The summed E-state index contributed by atoms with van der Waals surface area (Å²) in [4.78, 5) is 17.6. The first kappa shape index (κ1) is 19.6. The summed E-state index contributed by atoms with van der Waals surface area (Å²) in [6.45, 7) is 8.05. The van der Waals surface area contributed by atoms with Crippen molar-refractivity contribution in [3.8, 4) is 11.8 Å². The van der Waals surface area contributed by atoms with E-state index in [4.69, 9.17) is 0 Å². The molecule has 0 bridgehead atoms. The van der Waals surface area contributed by atoms with Gasteiger partial charge in [-0.1, -0.05) is 19.1 Å². The third-order valence-electron chi connectivity index (χ3n) is 4.58. The molecule has 1 aromatic carbocycles. The zero-order chi connectivity index (χ0) is 20.3. The van der Waals surface area contributed by atoms with E-state index in [0.717, 1.165) is 33.9 Å². The number of aromatic nitrogens is 2. The van der Waals surface area contributed by atoms with Gasteiger partial charge in [0.1, 0.15) is 11.6 Å². The van der Waals surface area contributed by atoms with E-state index in [2.05, 4.69) is 46.1 Å². The number of carbonyl (C=O) groups excluding carboxylic acids is 1. The number of nitriles is 1. The molecule has 6 heteroatoms. The molecule has 1 N–H and O–H groups in total. The van der Waals surface area contributed by atoms with Gasteiger partial charge < -0.3 is 4.57 Å². The molecule has 1 amide bonds. The third kappa shape index (κ3) is 4.05. The maximum Gasteiger partial charge on any atom is 0.268 e. The number of nitrogens with one attached hydrogen (secondary N) is 1. The molecule has 0 atom stereocenters. The van der Waals surface area contributed by atoms with Crippen molar-refractivity contribution in [3.05, 3.63) is 69.5 Å². The normalized spacial score (nSPS) is 11.3. The van der Waals surface area contributed by atoms with Crippen molar-refractivity contribution in [1.29, 1.82) is 5.26 Å². The highest BCUT2D eigenvalue weighted by Crippen LogP contribution is 2.24. The number of thiazole rings is 1. The zero-order valence-corrected chi connectivity index (χ0v) is 17.2. The van der Waals surface area contributed by atoms with Gasteiger partial charge in [0.25, 0.3) is 5.91 Å². The van der Waals surface area contributed by atoms with Crippen LogP contribution in [0.25, 0.3) is 11.8 Å². The maximum atomic E-state index is 12.5. The van der Waals surface area contributed by atoms with Crippen molar-refractivity contribution < 1.29 is 4.79 Å². The number of amides is 1. The Labute approximate surface area is 169 Å². The van der Waals surface area contributed by atoms with Crippen molar-refractivity contribution in [2.75, 3.05) is 5.32 Å². The monoisotopic (exact) mass is 390 g/mol. The average Bonchev–Trinajstić information content (AvgIpc) is 3.21. The first-order valence-electron chi connectivity index (χ1n) is 9.06. The maximum absolute atomic E-state index is 12.5. The lowest BCUT2D eigenvalue weighted by Crippen LogP contribution is -2.13. The van der Waals surface area contributed by atoms with Gasteiger partial charge in [-0.2, -0.15) is 5.26 Å². The first-order valence-corrected chi connectivity index (χ1v) is 9.88. The van der Waals surface area contributed by atoms with Crippen LogP contribution in [0.1, 0.15) is 34.3 Å². The smallest absolute Gasteiger partial charge is 0.268 e. The summed E-state index contributed by atoms with van der Waals surface area (Å²) in [6, 6.07) is 12.4. The van der Waals surface area contributed by atoms with Gasteiger partial charge >= 0.3 is 0 Å². The van der Waals surface area contributed by atoms with Gasteiger partial charge in [0, 0.05) is 28.1 Å². The first-order chi connectivity index (χ1) is 13.4. The molecule has 3 aromatic rings. The second-order valence-corrected chi connectivity index (χ2v) is 7.82. The predicted molar refractivity (Wildman–Crippen MR) is 114 cm³/mol. The molecule has 0 aliphatic heterocycles. The zero-order valence-electron chi connectivity index (χ0n) is 16.4. The second-order valence-electron chi connectivity index (χ2n) is 6.58. The summed E-state index contributed by atoms with van der Waals surface area (Å²) in [5.74, 6) is -0.450. The second kappa shape index (κ2) is 8.24. The van der Waals surface area contributed by atoms with Crippen LogP contribution in [0, 0.1) is 32.1 Å². The summed E-state index contributed by atoms with van der Waals surface area (Å²) in [5.41, 5.74) is 5.27. The number of nitrogens with zero attached hydrogens (tertiary/aromatic N) is 3. The quantitative estimate of drug-likeness (QED) is 0.494. The summed E-state index contributed by atoms with van der Waals surface area (Å²) in [6.07, 6.45) is 4.32. The number of benzene rings is 1. The Kier molecular flexibility index (Phi) is 5.76. The van der Waals surface area contributed by atoms with E-state index in [1.165, 1.54) is 16.9 Å². The molecule has 0 radical (unpaired) electrons. The fourth-order valence-electron chi connectivity index (χ4n) is 3.09. The standard InChI is InChI=1S/C22H22N4OS/c1-5-17-6-8-20(9-7-17)26-14(2)10-18(16(26)4)11-19(12-23)21(27)25-22-24-13-15(3)28-22/h6-11,13H,5H2,1-4H3,(H,24,25,27). The highest BCUT2D eigenvalue weighted by molar-refractivity contribution is 7.15. The molecule has 0 spiro atoms. The van der Waals surface area contributed by atoms with Crippen molar-refractivity contribution in [2.45, 2.75) is 34.1 Å². The minimum absolute atomic E-state index is 0.0504. The molecule has 0 saturated heterocycles. The van der Waals surface area contributed by atoms with Crippen molar-refractivity contribution in [1.82, 2.24) is 9.55 Å². The molecule has 5 nitrogen and oxygen atoms in total. The average molecular weight is 391 g/mol. The van der Waals surface area contributed by atoms with Gasteiger partial charge in [0.2, 0.25) is 0 Å². The molecule has 0 unspecified atom stereocenters. The van der Waals surface area contributed by atoms with E-state index in [9.17, 15) is 10.1 Å². The van der Waals surface area contributed by atoms with Crippen LogP contribution in [-0.4, -0.2) is 15.5 Å². The van der Waals surface area contributed by atoms with E-state index in [1.807, 2.05) is 32.9 Å². The van der Waals surface area contributed by atoms with Crippen LogP contribution in [0.4, 0.5) is 5.13 Å². The summed E-state index contributed by atoms with van der Waals surface area (Å²) < 4.78 is 2.13. The fourth-order valence-corrected chi connectivity index (χ4v) is 3.75. The number of hydrogen-bond acceptors (Lipinski definition) is 4. The van der Waals surface area contributed by atoms with Crippen molar-refractivity contribution >= 4 is 28.5 Å². The highest BCUT2D eigenvalue weighted by atomic mass is 32.1. The van der Waals surface area contributed by atoms with Gasteiger partial charge in [0.05, 0.1) is 0 Å². The van der Waals surface area contributed by atoms with Crippen LogP contribution in [0.15, 0.2) is 42.1 Å². The van der Waals surface area contributed by atoms with Gasteiger partial charge in [-0.25, -0.2) is 4.98 Å². The van der Waals surface area contributed by atoms with Crippen LogP contribution < -0.4 is 5.32 Å². The topological polar surface area (TPSA) is 70.7 Å². The minimum Gasteiger partial charge on any atom is -0.318 e. The van der Waals surface area contributed by atoms with Crippen LogP contribution in [0.5, 0.6) is 0 Å². The largest absolute Gasteiger partial charge is 0.318 e.